The first-order valence-electron chi connectivity index (χ1n) is 6.65. The van der Waals surface area contributed by atoms with Crippen LogP contribution in [0.25, 0.3) is 0 Å². The van der Waals surface area contributed by atoms with Crippen LogP contribution in [0.2, 0.25) is 0 Å². The summed E-state index contributed by atoms with van der Waals surface area (Å²) in [5.41, 5.74) is 2.51. The van der Waals surface area contributed by atoms with Crippen molar-refractivity contribution in [2.24, 2.45) is 0 Å². The van der Waals surface area contributed by atoms with Crippen molar-refractivity contribution in [1.29, 1.82) is 5.26 Å². The minimum atomic E-state index is -0.157. The number of carbonyl (C=O) groups is 1. The molecule has 0 aliphatic carbocycles. The van der Waals surface area contributed by atoms with E-state index in [-0.39, 0.29) is 11.2 Å². The zero-order valence-corrected chi connectivity index (χ0v) is 12.6. The van der Waals surface area contributed by atoms with Gasteiger partial charge in [0.05, 0.1) is 16.9 Å². The van der Waals surface area contributed by atoms with Gasteiger partial charge in [0.1, 0.15) is 0 Å². The van der Waals surface area contributed by atoms with Gasteiger partial charge >= 0.3 is 0 Å². The van der Waals surface area contributed by atoms with Gasteiger partial charge in [-0.2, -0.15) is 5.26 Å². The molecule has 0 bridgehead atoms. The molecule has 1 N–H and O–H groups in total. The molecule has 0 aliphatic heterocycles. The second kappa shape index (κ2) is 7.51. The number of nitriles is 1. The topological polar surface area (TPSA) is 52.9 Å². The van der Waals surface area contributed by atoms with E-state index in [0.29, 0.717) is 11.3 Å². The molecule has 0 aliphatic rings. The van der Waals surface area contributed by atoms with Gasteiger partial charge in [-0.1, -0.05) is 30.3 Å². The Balaban J connectivity index is 1.88. The van der Waals surface area contributed by atoms with Gasteiger partial charge in [-0.05, 0) is 36.8 Å². The van der Waals surface area contributed by atoms with Gasteiger partial charge in [0.15, 0.2) is 0 Å². The Morgan fingerprint density at radius 2 is 2.00 bits per heavy atom. The number of thioether (sulfide) groups is 1. The van der Waals surface area contributed by atoms with Crippen molar-refractivity contribution < 1.29 is 4.79 Å². The standard InChI is InChI=1S/C17H16N2OS/c1-13(17(20)19-16-8-3-2-4-9-16)21-12-15-7-5-6-14(10-15)11-18/h2-10,13H,12H2,1H3,(H,19,20). The van der Waals surface area contributed by atoms with E-state index < -0.39 is 0 Å². The van der Waals surface area contributed by atoms with E-state index in [4.69, 9.17) is 5.26 Å². The molecule has 2 aromatic carbocycles. The fraction of sp³-hybridized carbons (Fsp3) is 0.176. The van der Waals surface area contributed by atoms with Gasteiger partial charge in [0.25, 0.3) is 0 Å². The van der Waals surface area contributed by atoms with Gasteiger partial charge in [0.2, 0.25) is 5.91 Å². The Bertz CT molecular complexity index is 649. The lowest BCUT2D eigenvalue weighted by Crippen LogP contribution is -2.22. The van der Waals surface area contributed by atoms with Gasteiger partial charge in [0, 0.05) is 11.4 Å². The molecule has 4 heteroatoms. The Morgan fingerprint density at radius 1 is 1.24 bits per heavy atom. The van der Waals surface area contributed by atoms with E-state index in [9.17, 15) is 4.79 Å². The highest BCUT2D eigenvalue weighted by Crippen LogP contribution is 2.20. The first-order chi connectivity index (χ1) is 10.2. The zero-order valence-electron chi connectivity index (χ0n) is 11.7. The quantitative estimate of drug-likeness (QED) is 0.912. The summed E-state index contributed by atoms with van der Waals surface area (Å²) in [6, 6.07) is 19.0. The van der Waals surface area contributed by atoms with Crippen molar-refractivity contribution in [3.05, 3.63) is 65.7 Å². The summed E-state index contributed by atoms with van der Waals surface area (Å²) < 4.78 is 0. The molecule has 0 heterocycles. The van der Waals surface area contributed by atoms with Crippen LogP contribution < -0.4 is 5.32 Å². The van der Waals surface area contributed by atoms with E-state index in [1.165, 1.54) is 0 Å². The molecule has 0 spiro atoms. The maximum Gasteiger partial charge on any atom is 0.237 e. The highest BCUT2D eigenvalue weighted by Gasteiger charge is 2.13. The third kappa shape index (κ3) is 4.66. The Hall–Kier alpha value is -2.25. The number of nitrogens with one attached hydrogen (secondary N) is 1. The number of hydrogen-bond donors (Lipinski definition) is 1. The lowest BCUT2D eigenvalue weighted by atomic mass is 10.2. The molecule has 2 rings (SSSR count). The molecule has 0 aromatic heterocycles. The summed E-state index contributed by atoms with van der Waals surface area (Å²) in [6.07, 6.45) is 0. The van der Waals surface area contributed by atoms with Crippen LogP contribution in [0.3, 0.4) is 0 Å². The predicted molar refractivity (Wildman–Crippen MR) is 87.0 cm³/mol. The molecule has 0 fully saturated rings. The fourth-order valence-corrected chi connectivity index (χ4v) is 2.63. The molecule has 0 saturated carbocycles. The number of anilines is 1. The molecule has 0 saturated heterocycles. The van der Waals surface area contributed by atoms with Crippen LogP contribution in [-0.4, -0.2) is 11.2 Å². The van der Waals surface area contributed by atoms with E-state index >= 15 is 0 Å². The number of rotatable bonds is 5. The second-order valence-corrected chi connectivity index (χ2v) is 5.95. The lowest BCUT2D eigenvalue weighted by Gasteiger charge is -2.12. The monoisotopic (exact) mass is 296 g/mol. The van der Waals surface area contributed by atoms with Crippen LogP contribution in [-0.2, 0) is 10.5 Å². The second-order valence-electron chi connectivity index (χ2n) is 4.62. The molecule has 0 radical (unpaired) electrons. The molecular formula is C17H16N2OS. The van der Waals surface area contributed by atoms with Gasteiger partial charge < -0.3 is 5.32 Å². The SMILES string of the molecule is CC(SCc1cccc(C#N)c1)C(=O)Nc1ccccc1. The number of hydrogen-bond acceptors (Lipinski definition) is 3. The van der Waals surface area contributed by atoms with Crippen LogP contribution >= 0.6 is 11.8 Å². The first kappa shape index (κ1) is 15.1. The maximum absolute atomic E-state index is 12.1. The molecule has 21 heavy (non-hydrogen) atoms. The Kier molecular flexibility index (Phi) is 5.42. The highest BCUT2D eigenvalue weighted by atomic mass is 32.2. The van der Waals surface area contributed by atoms with E-state index in [1.54, 1.807) is 17.8 Å². The largest absolute Gasteiger partial charge is 0.325 e. The molecule has 106 valence electrons. The molecule has 1 atom stereocenters. The Labute approximate surface area is 129 Å². The number of benzene rings is 2. The average molecular weight is 296 g/mol. The lowest BCUT2D eigenvalue weighted by molar-refractivity contribution is -0.115. The first-order valence-corrected chi connectivity index (χ1v) is 7.70. The van der Waals surface area contributed by atoms with E-state index in [1.807, 2.05) is 55.5 Å². The summed E-state index contributed by atoms with van der Waals surface area (Å²) in [4.78, 5) is 12.1. The van der Waals surface area contributed by atoms with E-state index in [0.717, 1.165) is 11.3 Å². The summed E-state index contributed by atoms with van der Waals surface area (Å²) in [5.74, 6) is 0.696. The van der Waals surface area contributed by atoms with Crippen LogP contribution in [0.1, 0.15) is 18.1 Å². The Morgan fingerprint density at radius 3 is 2.71 bits per heavy atom. The van der Waals surface area contributed by atoms with Crippen molar-refractivity contribution in [2.75, 3.05) is 5.32 Å². The normalized spacial score (nSPS) is 11.4. The van der Waals surface area contributed by atoms with E-state index in [2.05, 4.69) is 11.4 Å². The summed E-state index contributed by atoms with van der Waals surface area (Å²) in [7, 11) is 0. The predicted octanol–water partition coefficient (Wildman–Crippen LogP) is 3.82. The van der Waals surface area contributed by atoms with Crippen molar-refractivity contribution in [3.8, 4) is 6.07 Å². The summed E-state index contributed by atoms with van der Waals surface area (Å²) >= 11 is 1.55. The summed E-state index contributed by atoms with van der Waals surface area (Å²) in [6.45, 7) is 1.89. The van der Waals surface area contributed by atoms with Crippen molar-refractivity contribution >= 4 is 23.4 Å². The third-order valence-electron chi connectivity index (χ3n) is 2.97. The minimum absolute atomic E-state index is 0.0114. The fourth-order valence-electron chi connectivity index (χ4n) is 1.79. The van der Waals surface area contributed by atoms with Crippen LogP contribution in [0, 0.1) is 11.3 Å². The number of para-hydroxylation sites is 1. The van der Waals surface area contributed by atoms with Crippen LogP contribution in [0.15, 0.2) is 54.6 Å². The molecular weight excluding hydrogens is 280 g/mol. The zero-order chi connectivity index (χ0) is 15.1. The maximum atomic E-state index is 12.1. The number of nitrogens with zero attached hydrogens (tertiary/aromatic N) is 1. The van der Waals surface area contributed by atoms with Gasteiger partial charge in [-0.3, -0.25) is 4.79 Å². The molecule has 2 aromatic rings. The van der Waals surface area contributed by atoms with Crippen molar-refractivity contribution in [3.63, 3.8) is 0 Å². The van der Waals surface area contributed by atoms with Crippen molar-refractivity contribution in [2.45, 2.75) is 17.9 Å². The van der Waals surface area contributed by atoms with Crippen molar-refractivity contribution in [1.82, 2.24) is 0 Å². The minimum Gasteiger partial charge on any atom is -0.325 e. The number of amides is 1. The highest BCUT2D eigenvalue weighted by molar-refractivity contribution is 7.99. The molecule has 1 amide bonds. The third-order valence-corrected chi connectivity index (χ3v) is 4.18. The van der Waals surface area contributed by atoms with Gasteiger partial charge in [-0.25, -0.2) is 0 Å². The summed E-state index contributed by atoms with van der Waals surface area (Å²) in [5, 5.41) is 11.6. The number of carbonyl (C=O) groups excluding carboxylic acids is 1. The smallest absolute Gasteiger partial charge is 0.237 e. The van der Waals surface area contributed by atoms with Crippen LogP contribution in [0.4, 0.5) is 5.69 Å². The van der Waals surface area contributed by atoms with Gasteiger partial charge in [-0.15, -0.1) is 11.8 Å². The van der Waals surface area contributed by atoms with Crippen LogP contribution in [0.5, 0.6) is 0 Å². The molecule has 1 unspecified atom stereocenters. The molecule has 3 nitrogen and oxygen atoms in total. The average Bonchev–Trinajstić information content (AvgIpc) is 2.53.